The molecule has 1 atom stereocenters. The second-order valence-corrected chi connectivity index (χ2v) is 5.69. The average Bonchev–Trinajstić information content (AvgIpc) is 2.50. The zero-order valence-electron chi connectivity index (χ0n) is 13.4. The lowest BCUT2D eigenvalue weighted by atomic mass is 9.91. The summed E-state index contributed by atoms with van der Waals surface area (Å²) in [4.78, 5) is 4.62. The largest absolute Gasteiger partial charge is 0.493 e. The van der Waals surface area contributed by atoms with E-state index in [1.54, 1.807) is 14.2 Å². The highest BCUT2D eigenvalue weighted by atomic mass is 16.5. The van der Waals surface area contributed by atoms with Crippen LogP contribution in [0.25, 0.3) is 0 Å². The molecule has 0 bridgehead atoms. The fraction of sp³-hybridized carbons (Fsp3) is 0.588. The van der Waals surface area contributed by atoms with Crippen LogP contribution in [0.4, 0.5) is 0 Å². The molecule has 4 heteroatoms. The molecule has 0 amide bonds. The van der Waals surface area contributed by atoms with Crippen LogP contribution < -0.4 is 9.47 Å². The van der Waals surface area contributed by atoms with Crippen LogP contribution in [0.1, 0.15) is 31.4 Å². The van der Waals surface area contributed by atoms with E-state index >= 15 is 0 Å². The molecule has 1 heterocycles. The Labute approximate surface area is 127 Å². The first-order valence-electron chi connectivity index (χ1n) is 7.51. The van der Waals surface area contributed by atoms with E-state index in [1.165, 1.54) is 5.56 Å². The Kier molecular flexibility index (Phi) is 5.62. The number of nitrogens with zero attached hydrogens (tertiary/aromatic N) is 1. The summed E-state index contributed by atoms with van der Waals surface area (Å²) in [5, 5.41) is 0. The number of methoxy groups -OCH3 is 2. The lowest BCUT2D eigenvalue weighted by molar-refractivity contribution is 0.170. The SMILES string of the molecule is COCCCOc1cc2c(cc1OC)C=NC(C(C)C)C2. The molecule has 1 aromatic rings. The molecule has 1 aliphatic heterocycles. The summed E-state index contributed by atoms with van der Waals surface area (Å²) in [6.07, 6.45) is 3.79. The average molecular weight is 291 g/mol. The van der Waals surface area contributed by atoms with E-state index in [2.05, 4.69) is 24.9 Å². The normalized spacial score (nSPS) is 16.9. The molecular formula is C17H25NO3. The summed E-state index contributed by atoms with van der Waals surface area (Å²) in [7, 11) is 3.37. The molecule has 0 N–H and O–H groups in total. The first kappa shape index (κ1) is 15.8. The molecule has 116 valence electrons. The van der Waals surface area contributed by atoms with Crippen molar-refractivity contribution in [1.29, 1.82) is 0 Å². The van der Waals surface area contributed by atoms with Gasteiger partial charge in [0.1, 0.15) is 0 Å². The Bertz CT molecular complexity index is 497. The number of rotatable bonds is 7. The first-order chi connectivity index (χ1) is 10.2. The summed E-state index contributed by atoms with van der Waals surface area (Å²) in [6.45, 7) is 5.75. The zero-order chi connectivity index (χ0) is 15.2. The smallest absolute Gasteiger partial charge is 0.161 e. The highest BCUT2D eigenvalue weighted by Gasteiger charge is 2.20. The van der Waals surface area contributed by atoms with Gasteiger partial charge in [0.2, 0.25) is 0 Å². The van der Waals surface area contributed by atoms with Crippen LogP contribution in [0.2, 0.25) is 0 Å². The highest BCUT2D eigenvalue weighted by molar-refractivity contribution is 5.84. The van der Waals surface area contributed by atoms with Crippen LogP contribution in [-0.2, 0) is 11.2 Å². The Morgan fingerprint density at radius 3 is 2.67 bits per heavy atom. The molecule has 2 rings (SSSR count). The van der Waals surface area contributed by atoms with Gasteiger partial charge in [0.15, 0.2) is 11.5 Å². The van der Waals surface area contributed by atoms with Gasteiger partial charge in [-0.2, -0.15) is 0 Å². The van der Waals surface area contributed by atoms with Gasteiger partial charge in [-0.15, -0.1) is 0 Å². The highest BCUT2D eigenvalue weighted by Crippen LogP contribution is 2.33. The molecule has 0 aliphatic carbocycles. The summed E-state index contributed by atoms with van der Waals surface area (Å²) < 4.78 is 16.3. The third kappa shape index (κ3) is 3.97. The minimum absolute atomic E-state index is 0.354. The number of aliphatic imine (C=N–C) groups is 1. The van der Waals surface area contributed by atoms with Crippen molar-refractivity contribution in [2.45, 2.75) is 32.7 Å². The summed E-state index contributed by atoms with van der Waals surface area (Å²) in [6, 6.07) is 4.47. The van der Waals surface area contributed by atoms with Crippen molar-refractivity contribution < 1.29 is 14.2 Å². The molecular weight excluding hydrogens is 266 g/mol. The van der Waals surface area contributed by atoms with Crippen LogP contribution >= 0.6 is 0 Å². The Morgan fingerprint density at radius 2 is 2.00 bits per heavy atom. The van der Waals surface area contributed by atoms with E-state index in [-0.39, 0.29) is 0 Å². The van der Waals surface area contributed by atoms with Crippen molar-refractivity contribution >= 4 is 6.21 Å². The van der Waals surface area contributed by atoms with Gasteiger partial charge in [0, 0.05) is 26.4 Å². The summed E-state index contributed by atoms with van der Waals surface area (Å²) in [5.74, 6) is 2.12. The maximum Gasteiger partial charge on any atom is 0.161 e. The number of fused-ring (bicyclic) bond motifs is 1. The van der Waals surface area contributed by atoms with Crippen molar-refractivity contribution in [2.75, 3.05) is 27.4 Å². The second kappa shape index (κ2) is 7.46. The zero-order valence-corrected chi connectivity index (χ0v) is 13.4. The third-order valence-corrected chi connectivity index (χ3v) is 3.78. The number of hydrogen-bond donors (Lipinski definition) is 0. The van der Waals surface area contributed by atoms with Crippen LogP contribution in [0.15, 0.2) is 17.1 Å². The predicted octanol–water partition coefficient (Wildman–Crippen LogP) is 3.11. The van der Waals surface area contributed by atoms with Crippen molar-refractivity contribution in [1.82, 2.24) is 0 Å². The standard InChI is InChI=1S/C17H25NO3/c1-12(2)15-8-13-9-17(21-7-5-6-19-3)16(20-4)10-14(13)11-18-15/h9-12,15H,5-8H2,1-4H3. The van der Waals surface area contributed by atoms with Crippen molar-refractivity contribution in [2.24, 2.45) is 10.9 Å². The maximum absolute atomic E-state index is 5.84. The first-order valence-corrected chi connectivity index (χ1v) is 7.51. The Balaban J connectivity index is 2.15. The Morgan fingerprint density at radius 1 is 1.19 bits per heavy atom. The van der Waals surface area contributed by atoms with Gasteiger partial charge in [0.05, 0.1) is 19.8 Å². The van der Waals surface area contributed by atoms with Gasteiger partial charge >= 0.3 is 0 Å². The molecule has 21 heavy (non-hydrogen) atoms. The minimum atomic E-state index is 0.354. The molecule has 0 aromatic heterocycles. The lowest BCUT2D eigenvalue weighted by Gasteiger charge is -2.23. The van der Waals surface area contributed by atoms with E-state index in [0.29, 0.717) is 25.2 Å². The van der Waals surface area contributed by atoms with Gasteiger partial charge < -0.3 is 14.2 Å². The van der Waals surface area contributed by atoms with Crippen LogP contribution in [0.5, 0.6) is 11.5 Å². The molecule has 4 nitrogen and oxygen atoms in total. The van der Waals surface area contributed by atoms with Gasteiger partial charge in [-0.1, -0.05) is 13.8 Å². The third-order valence-electron chi connectivity index (χ3n) is 3.78. The van der Waals surface area contributed by atoms with Crippen LogP contribution in [0, 0.1) is 5.92 Å². The number of hydrogen-bond acceptors (Lipinski definition) is 4. The molecule has 0 spiro atoms. The molecule has 0 saturated carbocycles. The van der Waals surface area contributed by atoms with Gasteiger partial charge in [-0.05, 0) is 35.6 Å². The van der Waals surface area contributed by atoms with Crippen LogP contribution in [0.3, 0.4) is 0 Å². The number of benzene rings is 1. The van der Waals surface area contributed by atoms with Crippen molar-refractivity contribution in [3.05, 3.63) is 23.3 Å². The van der Waals surface area contributed by atoms with Gasteiger partial charge in [-0.25, -0.2) is 0 Å². The summed E-state index contributed by atoms with van der Waals surface area (Å²) >= 11 is 0. The van der Waals surface area contributed by atoms with E-state index in [1.807, 2.05) is 12.3 Å². The maximum atomic E-state index is 5.84. The number of ether oxygens (including phenoxy) is 3. The topological polar surface area (TPSA) is 40.0 Å². The monoisotopic (exact) mass is 291 g/mol. The van der Waals surface area contributed by atoms with E-state index in [4.69, 9.17) is 14.2 Å². The molecule has 1 aliphatic rings. The van der Waals surface area contributed by atoms with E-state index in [9.17, 15) is 0 Å². The molecule has 0 fully saturated rings. The molecule has 0 radical (unpaired) electrons. The van der Waals surface area contributed by atoms with Crippen LogP contribution in [-0.4, -0.2) is 39.7 Å². The van der Waals surface area contributed by atoms with E-state index < -0.39 is 0 Å². The minimum Gasteiger partial charge on any atom is -0.493 e. The van der Waals surface area contributed by atoms with Gasteiger partial charge in [0.25, 0.3) is 0 Å². The molecule has 1 unspecified atom stereocenters. The Hall–Kier alpha value is -1.55. The molecule has 0 saturated heterocycles. The van der Waals surface area contributed by atoms with Gasteiger partial charge in [-0.3, -0.25) is 4.99 Å². The lowest BCUT2D eigenvalue weighted by Crippen LogP contribution is -2.21. The predicted molar refractivity (Wildman–Crippen MR) is 84.9 cm³/mol. The second-order valence-electron chi connectivity index (χ2n) is 5.69. The molecule has 1 aromatic carbocycles. The quantitative estimate of drug-likeness (QED) is 0.725. The fourth-order valence-corrected chi connectivity index (χ4v) is 2.43. The van der Waals surface area contributed by atoms with E-state index in [0.717, 1.165) is 29.9 Å². The summed E-state index contributed by atoms with van der Waals surface area (Å²) in [5.41, 5.74) is 2.42. The van der Waals surface area contributed by atoms with Crippen molar-refractivity contribution in [3.8, 4) is 11.5 Å². The fourth-order valence-electron chi connectivity index (χ4n) is 2.43. The van der Waals surface area contributed by atoms with Crippen molar-refractivity contribution in [3.63, 3.8) is 0 Å².